The van der Waals surface area contributed by atoms with Crippen molar-refractivity contribution in [2.45, 2.75) is 12.5 Å². The number of anilines is 1. The van der Waals surface area contributed by atoms with Gasteiger partial charge in [0.2, 0.25) is 5.91 Å². The van der Waals surface area contributed by atoms with Crippen LogP contribution in [0.15, 0.2) is 47.1 Å². The Morgan fingerprint density at radius 1 is 1.40 bits per heavy atom. The van der Waals surface area contributed by atoms with Crippen LogP contribution >= 0.6 is 27.5 Å². The number of hydrogen-bond donors (Lipinski definition) is 2. The normalized spacial score (nSPS) is 11.9. The Kier molecular flexibility index (Phi) is 5.11. The van der Waals surface area contributed by atoms with E-state index < -0.39 is 6.04 Å². The Hall–Kier alpha value is -1.43. The number of hydrogen-bond acceptors (Lipinski definition) is 3. The Balaban J connectivity index is 1.99. The summed E-state index contributed by atoms with van der Waals surface area (Å²) in [5.41, 5.74) is 7.46. The first-order valence-corrected chi connectivity index (χ1v) is 7.15. The highest BCUT2D eigenvalue weighted by atomic mass is 79.9. The van der Waals surface area contributed by atoms with Crippen LogP contribution in [-0.2, 0) is 11.2 Å². The number of nitrogens with two attached hydrogens (primary N) is 1. The third-order valence-corrected chi connectivity index (χ3v) is 3.83. The number of benzene rings is 1. The van der Waals surface area contributed by atoms with Crippen LogP contribution in [0.4, 0.5) is 5.69 Å². The van der Waals surface area contributed by atoms with Gasteiger partial charge in [-0.1, -0.05) is 41.9 Å². The maximum atomic E-state index is 12.0. The lowest BCUT2D eigenvalue weighted by Crippen LogP contribution is -2.37. The number of carbonyl (C=O) groups excluding carboxylic acids is 1. The zero-order valence-corrected chi connectivity index (χ0v) is 12.9. The van der Waals surface area contributed by atoms with Crippen LogP contribution in [0, 0.1) is 0 Å². The van der Waals surface area contributed by atoms with E-state index in [2.05, 4.69) is 26.2 Å². The van der Waals surface area contributed by atoms with Gasteiger partial charge in [-0.2, -0.15) is 0 Å². The fourth-order valence-electron chi connectivity index (χ4n) is 1.69. The second-order valence-corrected chi connectivity index (χ2v) is 5.49. The fourth-order valence-corrected chi connectivity index (χ4v) is 2.14. The SMILES string of the molecule is N[C@@H](Cc1ccccc1)C(=O)Nc1cnc(Cl)c(Br)c1. The predicted molar refractivity (Wildman–Crippen MR) is 83.7 cm³/mol. The van der Waals surface area contributed by atoms with Crippen molar-refractivity contribution in [2.75, 3.05) is 5.32 Å². The van der Waals surface area contributed by atoms with Crippen molar-refractivity contribution < 1.29 is 4.79 Å². The molecule has 4 nitrogen and oxygen atoms in total. The number of aromatic nitrogens is 1. The second kappa shape index (κ2) is 6.83. The number of halogens is 2. The third kappa shape index (κ3) is 4.03. The number of pyridine rings is 1. The highest BCUT2D eigenvalue weighted by Crippen LogP contribution is 2.22. The van der Waals surface area contributed by atoms with Crippen LogP contribution in [0.2, 0.25) is 5.15 Å². The van der Waals surface area contributed by atoms with Gasteiger partial charge in [-0.15, -0.1) is 0 Å². The summed E-state index contributed by atoms with van der Waals surface area (Å²) in [6.45, 7) is 0. The van der Waals surface area contributed by atoms with Crippen LogP contribution in [0.1, 0.15) is 5.56 Å². The van der Waals surface area contributed by atoms with Gasteiger partial charge in [0.1, 0.15) is 5.15 Å². The van der Waals surface area contributed by atoms with E-state index in [-0.39, 0.29) is 5.91 Å². The molecule has 0 saturated heterocycles. The van der Waals surface area contributed by atoms with Crippen molar-refractivity contribution in [1.29, 1.82) is 0 Å². The average molecular weight is 355 g/mol. The predicted octanol–water partition coefficient (Wildman–Crippen LogP) is 3.01. The molecule has 0 radical (unpaired) electrons. The Morgan fingerprint density at radius 2 is 2.10 bits per heavy atom. The van der Waals surface area contributed by atoms with Gasteiger partial charge in [0.15, 0.2) is 0 Å². The Bertz CT molecular complexity index is 607. The van der Waals surface area contributed by atoms with E-state index in [0.29, 0.717) is 21.7 Å². The molecule has 1 heterocycles. The molecular weight excluding hydrogens is 342 g/mol. The minimum absolute atomic E-state index is 0.259. The molecule has 1 amide bonds. The molecule has 0 spiro atoms. The number of carbonyl (C=O) groups is 1. The van der Waals surface area contributed by atoms with Gasteiger partial charge in [-0.3, -0.25) is 4.79 Å². The van der Waals surface area contributed by atoms with Crippen LogP contribution in [-0.4, -0.2) is 16.9 Å². The maximum Gasteiger partial charge on any atom is 0.241 e. The fraction of sp³-hybridized carbons (Fsp3) is 0.143. The largest absolute Gasteiger partial charge is 0.323 e. The monoisotopic (exact) mass is 353 g/mol. The molecule has 104 valence electrons. The van der Waals surface area contributed by atoms with Crippen LogP contribution < -0.4 is 11.1 Å². The van der Waals surface area contributed by atoms with Gasteiger partial charge in [-0.25, -0.2) is 4.98 Å². The first-order valence-electron chi connectivity index (χ1n) is 5.97. The van der Waals surface area contributed by atoms with E-state index in [1.807, 2.05) is 30.3 Å². The van der Waals surface area contributed by atoms with Gasteiger partial charge < -0.3 is 11.1 Å². The van der Waals surface area contributed by atoms with Crippen LogP contribution in [0.25, 0.3) is 0 Å². The van der Waals surface area contributed by atoms with Crippen molar-refractivity contribution in [3.63, 3.8) is 0 Å². The van der Waals surface area contributed by atoms with E-state index >= 15 is 0 Å². The number of amides is 1. The average Bonchev–Trinajstić information content (AvgIpc) is 2.44. The van der Waals surface area contributed by atoms with Gasteiger partial charge in [0.25, 0.3) is 0 Å². The lowest BCUT2D eigenvalue weighted by molar-refractivity contribution is -0.117. The molecule has 1 aromatic heterocycles. The number of nitrogens with one attached hydrogen (secondary N) is 1. The molecule has 0 bridgehead atoms. The summed E-state index contributed by atoms with van der Waals surface area (Å²) in [4.78, 5) is 15.9. The summed E-state index contributed by atoms with van der Waals surface area (Å²) >= 11 is 9.04. The van der Waals surface area contributed by atoms with E-state index in [4.69, 9.17) is 17.3 Å². The van der Waals surface area contributed by atoms with E-state index in [9.17, 15) is 4.79 Å². The summed E-state index contributed by atoms with van der Waals surface area (Å²) < 4.78 is 0.619. The van der Waals surface area contributed by atoms with Crippen LogP contribution in [0.5, 0.6) is 0 Å². The zero-order chi connectivity index (χ0) is 14.5. The second-order valence-electron chi connectivity index (χ2n) is 4.28. The molecule has 0 aliphatic heterocycles. The van der Waals surface area contributed by atoms with E-state index in [0.717, 1.165) is 5.56 Å². The summed E-state index contributed by atoms with van der Waals surface area (Å²) in [7, 11) is 0. The zero-order valence-electron chi connectivity index (χ0n) is 10.5. The van der Waals surface area contributed by atoms with E-state index in [1.165, 1.54) is 6.20 Å². The van der Waals surface area contributed by atoms with Gasteiger partial charge >= 0.3 is 0 Å². The molecule has 6 heteroatoms. The first kappa shape index (κ1) is 15.0. The first-order chi connectivity index (χ1) is 9.56. The van der Waals surface area contributed by atoms with Crippen molar-refractivity contribution in [1.82, 2.24) is 4.98 Å². The molecule has 20 heavy (non-hydrogen) atoms. The molecule has 3 N–H and O–H groups in total. The van der Waals surface area contributed by atoms with Crippen molar-refractivity contribution in [2.24, 2.45) is 5.73 Å². The molecule has 0 saturated carbocycles. The summed E-state index contributed by atoms with van der Waals surface area (Å²) in [5.74, 6) is -0.259. The molecule has 0 fully saturated rings. The lowest BCUT2D eigenvalue weighted by atomic mass is 10.1. The summed E-state index contributed by atoms with van der Waals surface area (Å²) in [6, 6.07) is 10.7. The topological polar surface area (TPSA) is 68.0 Å². The van der Waals surface area contributed by atoms with Gasteiger partial charge in [0.05, 0.1) is 22.4 Å². The molecule has 2 aromatic rings. The molecule has 0 unspecified atom stereocenters. The lowest BCUT2D eigenvalue weighted by Gasteiger charge is -2.12. The molecule has 2 rings (SSSR count). The highest BCUT2D eigenvalue weighted by molar-refractivity contribution is 9.10. The quantitative estimate of drug-likeness (QED) is 0.829. The molecule has 0 aliphatic rings. The summed E-state index contributed by atoms with van der Waals surface area (Å²) in [5, 5.41) is 3.06. The van der Waals surface area contributed by atoms with Crippen molar-refractivity contribution in [3.05, 3.63) is 57.8 Å². The number of nitrogens with zero attached hydrogens (tertiary/aromatic N) is 1. The maximum absolute atomic E-state index is 12.0. The summed E-state index contributed by atoms with van der Waals surface area (Å²) in [6.07, 6.45) is 1.97. The van der Waals surface area contributed by atoms with Crippen LogP contribution in [0.3, 0.4) is 0 Å². The molecular formula is C14H13BrClN3O. The third-order valence-electron chi connectivity index (χ3n) is 2.70. The number of rotatable bonds is 4. The molecule has 1 atom stereocenters. The standard InChI is InChI=1S/C14H13BrClN3O/c15-11-7-10(8-18-13(11)16)19-14(20)12(17)6-9-4-2-1-3-5-9/h1-5,7-8,12H,6,17H2,(H,19,20)/t12-/m0/s1. The minimum atomic E-state index is -0.619. The van der Waals surface area contributed by atoms with Crippen molar-refractivity contribution in [3.8, 4) is 0 Å². The van der Waals surface area contributed by atoms with Crippen molar-refractivity contribution >= 4 is 39.1 Å². The van der Waals surface area contributed by atoms with Gasteiger partial charge in [-0.05, 0) is 34.0 Å². The van der Waals surface area contributed by atoms with Gasteiger partial charge in [0, 0.05) is 0 Å². The minimum Gasteiger partial charge on any atom is -0.323 e. The molecule has 0 aliphatic carbocycles. The highest BCUT2D eigenvalue weighted by Gasteiger charge is 2.14. The smallest absolute Gasteiger partial charge is 0.241 e. The Morgan fingerprint density at radius 3 is 2.75 bits per heavy atom. The molecule has 1 aromatic carbocycles. The Labute approximate surface area is 130 Å². The van der Waals surface area contributed by atoms with E-state index in [1.54, 1.807) is 6.07 Å².